The summed E-state index contributed by atoms with van der Waals surface area (Å²) in [5.41, 5.74) is 0.905. The van der Waals surface area contributed by atoms with E-state index in [1.807, 2.05) is 31.2 Å². The van der Waals surface area contributed by atoms with Crippen LogP contribution in [0.25, 0.3) is 0 Å². The zero-order chi connectivity index (χ0) is 17.3. The minimum atomic E-state index is -1.01. The number of imide groups is 1. The fourth-order valence-electron chi connectivity index (χ4n) is 3.30. The first-order valence-electron chi connectivity index (χ1n) is 8.14. The Hall–Kier alpha value is -2.12. The number of rotatable bonds is 5. The Labute approximate surface area is 152 Å². The number of nitrogens with zero attached hydrogens (tertiary/aromatic N) is 1. The van der Waals surface area contributed by atoms with Crippen molar-refractivity contribution in [1.82, 2.24) is 20.9 Å². The molecule has 1 fully saturated rings. The summed E-state index contributed by atoms with van der Waals surface area (Å²) >= 11 is 0. The molecule has 1 heterocycles. The van der Waals surface area contributed by atoms with Crippen LogP contribution in [0.3, 0.4) is 0 Å². The lowest BCUT2D eigenvalue weighted by molar-refractivity contribution is -0.135. The van der Waals surface area contributed by atoms with Gasteiger partial charge in [0.25, 0.3) is 5.91 Å². The number of benzene rings is 1. The molecule has 0 radical (unpaired) electrons. The van der Waals surface area contributed by atoms with E-state index in [2.05, 4.69) is 16.0 Å². The second-order valence-electron chi connectivity index (χ2n) is 6.38. The molecule has 1 aliphatic heterocycles. The van der Waals surface area contributed by atoms with Crippen LogP contribution in [0.4, 0.5) is 4.79 Å². The van der Waals surface area contributed by atoms with E-state index in [1.165, 1.54) is 0 Å². The van der Waals surface area contributed by atoms with E-state index in [0.717, 1.165) is 22.4 Å². The number of amides is 4. The number of carbonyl (C=O) groups is 3. The molecule has 0 aromatic heterocycles. The van der Waals surface area contributed by atoms with E-state index in [1.54, 1.807) is 7.05 Å². The highest BCUT2D eigenvalue weighted by atomic mass is 35.5. The molecule has 2 atom stereocenters. The van der Waals surface area contributed by atoms with Gasteiger partial charge in [-0.3, -0.25) is 14.5 Å². The van der Waals surface area contributed by atoms with Crippen LogP contribution in [-0.4, -0.2) is 48.9 Å². The van der Waals surface area contributed by atoms with Crippen molar-refractivity contribution in [2.45, 2.75) is 31.3 Å². The van der Waals surface area contributed by atoms with Gasteiger partial charge in [0.15, 0.2) is 0 Å². The van der Waals surface area contributed by atoms with Gasteiger partial charge in [-0.2, -0.15) is 0 Å². The predicted octanol–water partition coefficient (Wildman–Crippen LogP) is 0.526. The van der Waals surface area contributed by atoms with E-state index in [0.29, 0.717) is 13.0 Å². The first kappa shape index (κ1) is 19.2. The molecular weight excluding hydrogens is 344 g/mol. The number of carbonyl (C=O) groups excluding carboxylic acids is 3. The SMILES string of the molecule is CNC(C)CNC(=O)CN1C(=O)NC2(CCc3ccccc32)C1=O.Cl. The van der Waals surface area contributed by atoms with E-state index in [4.69, 9.17) is 0 Å². The predicted molar refractivity (Wildman–Crippen MR) is 95.5 cm³/mol. The molecule has 2 aliphatic rings. The Kier molecular flexibility index (Phi) is 5.69. The number of halogens is 1. The Morgan fingerprint density at radius 3 is 2.80 bits per heavy atom. The molecule has 1 saturated heterocycles. The Bertz CT molecular complexity index is 696. The second kappa shape index (κ2) is 7.41. The number of likely N-dealkylation sites (N-methyl/N-ethyl adjacent to an activating group) is 1. The van der Waals surface area contributed by atoms with E-state index >= 15 is 0 Å². The molecule has 1 aromatic carbocycles. The zero-order valence-corrected chi connectivity index (χ0v) is 15.1. The van der Waals surface area contributed by atoms with Crippen molar-refractivity contribution >= 4 is 30.3 Å². The Balaban J connectivity index is 0.00000225. The van der Waals surface area contributed by atoms with Crippen molar-refractivity contribution in [3.8, 4) is 0 Å². The fraction of sp³-hybridized carbons (Fsp3) is 0.471. The quantitative estimate of drug-likeness (QED) is 0.663. The third-order valence-corrected chi connectivity index (χ3v) is 4.82. The van der Waals surface area contributed by atoms with Gasteiger partial charge in [0.2, 0.25) is 5.91 Å². The highest BCUT2D eigenvalue weighted by Gasteiger charge is 2.55. The largest absolute Gasteiger partial charge is 0.353 e. The summed E-state index contributed by atoms with van der Waals surface area (Å²) in [6.45, 7) is 2.11. The van der Waals surface area contributed by atoms with Crippen LogP contribution in [0.2, 0.25) is 0 Å². The molecule has 0 bridgehead atoms. The Morgan fingerprint density at radius 2 is 2.08 bits per heavy atom. The molecule has 3 N–H and O–H groups in total. The number of hydrogen-bond donors (Lipinski definition) is 3. The van der Waals surface area contributed by atoms with Crippen molar-refractivity contribution in [3.63, 3.8) is 0 Å². The average molecular weight is 367 g/mol. The Morgan fingerprint density at radius 1 is 1.36 bits per heavy atom. The molecule has 1 aliphatic carbocycles. The third-order valence-electron chi connectivity index (χ3n) is 4.82. The van der Waals surface area contributed by atoms with Crippen molar-refractivity contribution in [2.24, 2.45) is 0 Å². The molecule has 1 spiro atoms. The van der Waals surface area contributed by atoms with Crippen LogP contribution in [-0.2, 0) is 21.5 Å². The molecule has 4 amide bonds. The zero-order valence-electron chi connectivity index (χ0n) is 14.3. The smallest absolute Gasteiger partial charge is 0.325 e. The van der Waals surface area contributed by atoms with Crippen LogP contribution >= 0.6 is 12.4 Å². The first-order valence-corrected chi connectivity index (χ1v) is 8.14. The van der Waals surface area contributed by atoms with Crippen LogP contribution in [0.1, 0.15) is 24.5 Å². The molecule has 8 heteroatoms. The van der Waals surface area contributed by atoms with Crippen LogP contribution < -0.4 is 16.0 Å². The van der Waals surface area contributed by atoms with Gasteiger partial charge in [-0.1, -0.05) is 24.3 Å². The third kappa shape index (κ3) is 3.34. The van der Waals surface area contributed by atoms with Crippen molar-refractivity contribution in [3.05, 3.63) is 35.4 Å². The van der Waals surface area contributed by atoms with Gasteiger partial charge in [0.1, 0.15) is 12.1 Å². The highest BCUT2D eigenvalue weighted by molar-refractivity contribution is 6.09. The summed E-state index contributed by atoms with van der Waals surface area (Å²) < 4.78 is 0. The molecule has 0 saturated carbocycles. The van der Waals surface area contributed by atoms with Gasteiger partial charge in [0.05, 0.1) is 0 Å². The van der Waals surface area contributed by atoms with Crippen molar-refractivity contribution < 1.29 is 14.4 Å². The minimum absolute atomic E-state index is 0. The molecule has 136 valence electrons. The second-order valence-corrected chi connectivity index (χ2v) is 6.38. The molecular formula is C17H23ClN4O3. The number of fused-ring (bicyclic) bond motifs is 2. The summed E-state index contributed by atoms with van der Waals surface area (Å²) in [6, 6.07) is 7.24. The lowest BCUT2D eigenvalue weighted by atomic mass is 9.92. The summed E-state index contributed by atoms with van der Waals surface area (Å²) in [7, 11) is 1.80. The van der Waals surface area contributed by atoms with Crippen LogP contribution in [0, 0.1) is 0 Å². The van der Waals surface area contributed by atoms with Crippen molar-refractivity contribution in [1.29, 1.82) is 0 Å². The molecule has 25 heavy (non-hydrogen) atoms. The molecule has 2 unspecified atom stereocenters. The number of nitrogens with one attached hydrogen (secondary N) is 3. The highest BCUT2D eigenvalue weighted by Crippen LogP contribution is 2.41. The van der Waals surface area contributed by atoms with Gasteiger partial charge in [-0.05, 0) is 37.9 Å². The fourth-order valence-corrected chi connectivity index (χ4v) is 3.30. The first-order chi connectivity index (χ1) is 11.5. The summed E-state index contributed by atoms with van der Waals surface area (Å²) in [6.07, 6.45) is 1.27. The van der Waals surface area contributed by atoms with E-state index in [9.17, 15) is 14.4 Å². The maximum Gasteiger partial charge on any atom is 0.325 e. The number of aryl methyl sites for hydroxylation is 1. The van der Waals surface area contributed by atoms with Crippen molar-refractivity contribution in [2.75, 3.05) is 20.1 Å². The standard InChI is InChI=1S/C17H22N4O3.ClH/c1-11(18-2)9-19-14(22)10-21-15(23)17(20-16(21)24)8-7-12-5-3-4-6-13(12)17;/h3-6,11,18H,7-10H2,1-2H3,(H,19,22)(H,20,24);1H. The maximum atomic E-state index is 12.9. The molecule has 1 aromatic rings. The van der Waals surface area contributed by atoms with Gasteiger partial charge < -0.3 is 16.0 Å². The summed E-state index contributed by atoms with van der Waals surface area (Å²) in [4.78, 5) is 38.2. The van der Waals surface area contributed by atoms with Gasteiger partial charge in [-0.25, -0.2) is 4.79 Å². The van der Waals surface area contributed by atoms with Crippen LogP contribution in [0.5, 0.6) is 0 Å². The lowest BCUT2D eigenvalue weighted by Crippen LogP contribution is -2.45. The van der Waals surface area contributed by atoms with Gasteiger partial charge in [0, 0.05) is 12.6 Å². The number of hydrogen-bond acceptors (Lipinski definition) is 4. The number of urea groups is 1. The van der Waals surface area contributed by atoms with Gasteiger partial charge >= 0.3 is 6.03 Å². The topological polar surface area (TPSA) is 90.5 Å². The monoisotopic (exact) mass is 366 g/mol. The van der Waals surface area contributed by atoms with E-state index in [-0.39, 0.29) is 36.8 Å². The summed E-state index contributed by atoms with van der Waals surface area (Å²) in [5, 5.41) is 8.54. The van der Waals surface area contributed by atoms with E-state index < -0.39 is 11.6 Å². The molecule has 7 nitrogen and oxygen atoms in total. The normalized spacial score (nSPS) is 22.4. The van der Waals surface area contributed by atoms with Crippen LogP contribution in [0.15, 0.2) is 24.3 Å². The van der Waals surface area contributed by atoms with Gasteiger partial charge in [-0.15, -0.1) is 12.4 Å². The minimum Gasteiger partial charge on any atom is -0.353 e. The lowest BCUT2D eigenvalue weighted by Gasteiger charge is -2.22. The summed E-state index contributed by atoms with van der Waals surface area (Å²) in [5.74, 6) is -0.682. The molecule has 3 rings (SSSR count). The maximum absolute atomic E-state index is 12.9. The average Bonchev–Trinajstić information content (AvgIpc) is 3.07.